The van der Waals surface area contributed by atoms with Crippen LogP contribution in [-0.4, -0.2) is 43.5 Å². The second-order valence-corrected chi connectivity index (χ2v) is 5.67. The number of amidine groups is 1. The van der Waals surface area contributed by atoms with Crippen LogP contribution in [0.1, 0.15) is 30.4 Å². The molecule has 0 radical (unpaired) electrons. The van der Waals surface area contributed by atoms with Gasteiger partial charge in [-0.3, -0.25) is 4.99 Å². The van der Waals surface area contributed by atoms with Crippen molar-refractivity contribution in [1.29, 1.82) is 0 Å². The monoisotopic (exact) mass is 257 g/mol. The van der Waals surface area contributed by atoms with Crippen molar-refractivity contribution in [2.45, 2.75) is 31.7 Å². The molecule has 0 amide bonds. The van der Waals surface area contributed by atoms with Gasteiger partial charge < -0.3 is 10.2 Å². The van der Waals surface area contributed by atoms with Crippen LogP contribution in [0.15, 0.2) is 29.3 Å². The van der Waals surface area contributed by atoms with E-state index in [1.165, 1.54) is 36.9 Å². The molecule has 0 aliphatic carbocycles. The summed E-state index contributed by atoms with van der Waals surface area (Å²) in [7, 11) is 2.12. The Balaban J connectivity index is 1.65. The zero-order valence-electron chi connectivity index (χ0n) is 11.7. The lowest BCUT2D eigenvalue weighted by Gasteiger charge is -2.23. The Kier molecular flexibility index (Phi) is 3.83. The van der Waals surface area contributed by atoms with Gasteiger partial charge in [0.2, 0.25) is 0 Å². The third-order valence-corrected chi connectivity index (χ3v) is 4.17. The van der Waals surface area contributed by atoms with Crippen molar-refractivity contribution in [3.8, 4) is 0 Å². The molecule has 3 heteroatoms. The molecule has 1 aromatic rings. The van der Waals surface area contributed by atoms with Crippen LogP contribution in [0.2, 0.25) is 0 Å². The zero-order chi connectivity index (χ0) is 13.1. The van der Waals surface area contributed by atoms with Crippen LogP contribution < -0.4 is 5.32 Å². The lowest BCUT2D eigenvalue weighted by atomic mass is 9.97. The third-order valence-electron chi connectivity index (χ3n) is 4.17. The number of nitrogens with one attached hydrogen (secondary N) is 1. The minimum absolute atomic E-state index is 0.672. The second kappa shape index (κ2) is 5.74. The Morgan fingerprint density at radius 3 is 2.74 bits per heavy atom. The van der Waals surface area contributed by atoms with Gasteiger partial charge >= 0.3 is 0 Å². The van der Waals surface area contributed by atoms with Crippen molar-refractivity contribution in [3.05, 3.63) is 35.4 Å². The Labute approximate surface area is 115 Å². The van der Waals surface area contributed by atoms with E-state index in [4.69, 9.17) is 0 Å². The smallest absolute Gasteiger partial charge is 0.130 e. The molecule has 1 unspecified atom stereocenters. The molecule has 0 aromatic heterocycles. The third kappa shape index (κ3) is 2.98. The number of hydrogen-bond acceptors (Lipinski definition) is 3. The van der Waals surface area contributed by atoms with Gasteiger partial charge in [-0.25, -0.2) is 0 Å². The first-order valence-corrected chi connectivity index (χ1v) is 7.41. The van der Waals surface area contributed by atoms with Crippen molar-refractivity contribution >= 4 is 5.84 Å². The maximum Gasteiger partial charge on any atom is 0.130 e. The Morgan fingerprint density at radius 1 is 1.26 bits per heavy atom. The first-order valence-electron chi connectivity index (χ1n) is 7.41. The molecular formula is C16H23N3. The van der Waals surface area contributed by atoms with Crippen molar-refractivity contribution in [2.24, 2.45) is 4.99 Å². The highest BCUT2D eigenvalue weighted by atomic mass is 15.2. The average molecular weight is 257 g/mol. The Bertz CT molecular complexity index is 444. The number of aliphatic imine (C=N–C) groups is 1. The topological polar surface area (TPSA) is 27.6 Å². The van der Waals surface area contributed by atoms with Crippen LogP contribution in [0, 0.1) is 0 Å². The second-order valence-electron chi connectivity index (χ2n) is 5.67. The van der Waals surface area contributed by atoms with Crippen molar-refractivity contribution in [3.63, 3.8) is 0 Å². The summed E-state index contributed by atoms with van der Waals surface area (Å²) in [6.07, 6.45) is 5.18. The maximum absolute atomic E-state index is 4.56. The summed E-state index contributed by atoms with van der Waals surface area (Å²) >= 11 is 0. The molecule has 0 spiro atoms. The molecule has 1 fully saturated rings. The number of rotatable bonds is 3. The summed E-state index contributed by atoms with van der Waals surface area (Å²) in [4.78, 5) is 6.80. The number of hydrogen-bond donors (Lipinski definition) is 1. The minimum atomic E-state index is 0.672. The molecule has 0 saturated carbocycles. The highest BCUT2D eigenvalue weighted by Crippen LogP contribution is 2.15. The largest absolute Gasteiger partial charge is 0.358 e. The van der Waals surface area contributed by atoms with Gasteiger partial charge in [0.1, 0.15) is 5.84 Å². The van der Waals surface area contributed by atoms with Crippen molar-refractivity contribution < 1.29 is 0 Å². The van der Waals surface area contributed by atoms with E-state index in [2.05, 4.69) is 46.5 Å². The molecule has 2 aliphatic rings. The van der Waals surface area contributed by atoms with E-state index in [0.717, 1.165) is 25.3 Å². The van der Waals surface area contributed by atoms with E-state index in [9.17, 15) is 0 Å². The summed E-state index contributed by atoms with van der Waals surface area (Å²) in [5.41, 5.74) is 2.68. The summed E-state index contributed by atoms with van der Waals surface area (Å²) in [6, 6.07) is 9.64. The van der Waals surface area contributed by atoms with Gasteiger partial charge in [-0.05, 0) is 31.4 Å². The maximum atomic E-state index is 4.56. The van der Waals surface area contributed by atoms with Crippen LogP contribution in [0.4, 0.5) is 0 Å². The van der Waals surface area contributed by atoms with E-state index in [1.807, 2.05) is 0 Å². The number of likely N-dealkylation sites (N-methyl/N-ethyl adjacent to an activating group) is 1. The predicted molar refractivity (Wildman–Crippen MR) is 79.8 cm³/mol. The van der Waals surface area contributed by atoms with Gasteiger partial charge in [-0.1, -0.05) is 30.7 Å². The SMILES string of the molecule is CN1CCN=C1c1ccc(CC2CCCCN2)cc1. The highest BCUT2D eigenvalue weighted by molar-refractivity contribution is 5.99. The van der Waals surface area contributed by atoms with Gasteiger partial charge in [-0.15, -0.1) is 0 Å². The average Bonchev–Trinajstić information content (AvgIpc) is 2.87. The van der Waals surface area contributed by atoms with E-state index in [1.54, 1.807) is 0 Å². The van der Waals surface area contributed by atoms with Crippen LogP contribution in [0.25, 0.3) is 0 Å². The van der Waals surface area contributed by atoms with E-state index >= 15 is 0 Å². The molecule has 1 atom stereocenters. The molecule has 102 valence electrons. The van der Waals surface area contributed by atoms with Gasteiger partial charge in [0.25, 0.3) is 0 Å². The highest BCUT2D eigenvalue weighted by Gasteiger charge is 2.15. The predicted octanol–water partition coefficient (Wildman–Crippen LogP) is 2.06. The molecule has 1 aromatic carbocycles. The van der Waals surface area contributed by atoms with Crippen LogP contribution in [0.3, 0.4) is 0 Å². The molecule has 1 saturated heterocycles. The quantitative estimate of drug-likeness (QED) is 0.897. The standard InChI is InChI=1S/C16H23N3/c1-19-11-10-18-16(19)14-7-5-13(6-8-14)12-15-4-2-3-9-17-15/h5-8,15,17H,2-4,9-12H2,1H3. The first kappa shape index (κ1) is 12.7. The lowest BCUT2D eigenvalue weighted by molar-refractivity contribution is 0.399. The fourth-order valence-corrected chi connectivity index (χ4v) is 3.02. The zero-order valence-corrected chi connectivity index (χ0v) is 11.7. The first-order chi connectivity index (χ1) is 9.33. The van der Waals surface area contributed by atoms with Gasteiger partial charge in [0, 0.05) is 25.2 Å². The molecule has 3 rings (SSSR count). The van der Waals surface area contributed by atoms with Crippen LogP contribution >= 0.6 is 0 Å². The molecule has 1 N–H and O–H groups in total. The molecule has 19 heavy (non-hydrogen) atoms. The summed E-state index contributed by atoms with van der Waals surface area (Å²) in [5, 5.41) is 3.61. The van der Waals surface area contributed by atoms with Gasteiger partial charge in [0.05, 0.1) is 6.54 Å². The fourth-order valence-electron chi connectivity index (χ4n) is 3.02. The number of benzene rings is 1. The summed E-state index contributed by atoms with van der Waals surface area (Å²) < 4.78 is 0. The van der Waals surface area contributed by atoms with Crippen LogP contribution in [0.5, 0.6) is 0 Å². The fraction of sp³-hybridized carbons (Fsp3) is 0.562. The normalized spacial score (nSPS) is 23.5. The molecular weight excluding hydrogens is 234 g/mol. The van der Waals surface area contributed by atoms with E-state index in [-0.39, 0.29) is 0 Å². The minimum Gasteiger partial charge on any atom is -0.358 e. The number of nitrogens with zero attached hydrogens (tertiary/aromatic N) is 2. The molecule has 3 nitrogen and oxygen atoms in total. The van der Waals surface area contributed by atoms with Crippen LogP contribution in [-0.2, 0) is 6.42 Å². The molecule has 2 aliphatic heterocycles. The van der Waals surface area contributed by atoms with E-state index in [0.29, 0.717) is 6.04 Å². The molecule has 0 bridgehead atoms. The van der Waals surface area contributed by atoms with E-state index < -0.39 is 0 Å². The summed E-state index contributed by atoms with van der Waals surface area (Å²) in [6.45, 7) is 3.16. The van der Waals surface area contributed by atoms with Gasteiger partial charge in [-0.2, -0.15) is 0 Å². The molecule has 2 heterocycles. The van der Waals surface area contributed by atoms with Crippen molar-refractivity contribution in [2.75, 3.05) is 26.7 Å². The lowest BCUT2D eigenvalue weighted by Crippen LogP contribution is -2.35. The Morgan fingerprint density at radius 2 is 2.11 bits per heavy atom. The van der Waals surface area contributed by atoms with Gasteiger partial charge in [0.15, 0.2) is 0 Å². The summed E-state index contributed by atoms with van der Waals surface area (Å²) in [5.74, 6) is 1.14. The van der Waals surface area contributed by atoms with Crippen molar-refractivity contribution in [1.82, 2.24) is 10.2 Å². The number of piperidine rings is 1. The Hall–Kier alpha value is -1.35.